The monoisotopic (exact) mass is 1040 g/mol. The number of aliphatic hydroxyl groups excluding tert-OH is 7. The van der Waals surface area contributed by atoms with E-state index < -0.39 is 74.2 Å². The van der Waals surface area contributed by atoms with Gasteiger partial charge in [-0.25, -0.2) is 0 Å². The molecule has 1 heterocycles. The Hall–Kier alpha value is -1.41. The number of hydrogen-bond acceptors (Lipinski definition) is 10. The van der Waals surface area contributed by atoms with Crippen molar-refractivity contribution < 1.29 is 50.0 Å². The highest BCUT2D eigenvalue weighted by molar-refractivity contribution is 5.80. The van der Waals surface area contributed by atoms with Crippen LogP contribution in [-0.2, 0) is 14.3 Å². The fourth-order valence-electron chi connectivity index (χ4n) is 10.1. The largest absolute Gasteiger partial charge is 0.394 e. The number of carbonyl (C=O) groups is 1. The summed E-state index contributed by atoms with van der Waals surface area (Å²) in [7, 11) is 0. The Balaban J connectivity index is 2.29. The lowest BCUT2D eigenvalue weighted by molar-refractivity contribution is -0.303. The third-order valence-corrected chi connectivity index (χ3v) is 15.2. The van der Waals surface area contributed by atoms with Crippen LogP contribution in [0.3, 0.4) is 0 Å². The van der Waals surface area contributed by atoms with Crippen molar-refractivity contribution in [3.05, 3.63) is 24.3 Å². The fourth-order valence-corrected chi connectivity index (χ4v) is 10.1. The lowest BCUT2D eigenvalue weighted by Gasteiger charge is -2.40. The Kier molecular flexibility index (Phi) is 49.0. The van der Waals surface area contributed by atoms with E-state index in [0.29, 0.717) is 12.8 Å². The van der Waals surface area contributed by atoms with Gasteiger partial charge in [0.2, 0.25) is 5.91 Å². The predicted octanol–water partition coefficient (Wildman–Crippen LogP) is 13.7. The summed E-state index contributed by atoms with van der Waals surface area (Å²) in [6, 6.07) is -1.19. The van der Waals surface area contributed by atoms with Crippen molar-refractivity contribution in [3.63, 3.8) is 0 Å². The maximum atomic E-state index is 13.2. The van der Waals surface area contributed by atoms with Crippen LogP contribution in [0.4, 0.5) is 0 Å². The molecule has 1 fully saturated rings. The molecular formula is C62H119NO10. The molecule has 9 atom stereocenters. The molecule has 1 rings (SSSR count). The van der Waals surface area contributed by atoms with Crippen LogP contribution >= 0.6 is 0 Å². The summed E-state index contributed by atoms with van der Waals surface area (Å²) in [5.41, 5.74) is 0. The lowest BCUT2D eigenvalue weighted by atomic mass is 9.98. The minimum absolute atomic E-state index is 0.253. The van der Waals surface area contributed by atoms with Crippen molar-refractivity contribution in [1.82, 2.24) is 5.32 Å². The Labute approximate surface area is 448 Å². The Bertz CT molecular complexity index is 1240. The smallest absolute Gasteiger partial charge is 0.249 e. The molecule has 11 heteroatoms. The summed E-state index contributed by atoms with van der Waals surface area (Å²) in [6.07, 6.45) is 51.0. The van der Waals surface area contributed by atoms with Crippen molar-refractivity contribution in [2.24, 2.45) is 0 Å². The van der Waals surface area contributed by atoms with Gasteiger partial charge in [-0.1, -0.05) is 256 Å². The average Bonchev–Trinajstić information content (AvgIpc) is 3.39. The molecule has 0 aromatic rings. The van der Waals surface area contributed by atoms with E-state index in [1.54, 1.807) is 0 Å². The second-order valence-corrected chi connectivity index (χ2v) is 22.1. The van der Waals surface area contributed by atoms with E-state index in [4.69, 9.17) is 9.47 Å². The second-order valence-electron chi connectivity index (χ2n) is 22.1. The standard InChI is InChI=1S/C62H119NO10/c1-3-5-7-9-11-13-15-17-19-21-23-25-26-27-28-30-32-34-36-38-40-42-44-46-48-50-55(66)61(71)63-53(52-72-62-60(70)59(69)58(68)56(51-64)73-62)57(67)54(65)49-47-45-43-41-39-37-35-33-31-29-24-22-20-18-16-14-12-10-8-6-4-2/h27-28,41,43,53-60,62,64-70H,3-26,29-40,42,44-52H2,1-2H3,(H,63,71)/b28-27-,43-41+. The molecule has 0 aromatic carbocycles. The van der Waals surface area contributed by atoms with Crippen molar-refractivity contribution in [1.29, 1.82) is 0 Å². The molecule has 0 bridgehead atoms. The fraction of sp³-hybridized carbons (Fsp3) is 0.919. The van der Waals surface area contributed by atoms with Gasteiger partial charge in [0.05, 0.1) is 25.4 Å². The predicted molar refractivity (Wildman–Crippen MR) is 302 cm³/mol. The van der Waals surface area contributed by atoms with Crippen LogP contribution in [0.25, 0.3) is 0 Å². The molecule has 73 heavy (non-hydrogen) atoms. The number of unbranched alkanes of at least 4 members (excludes halogenated alkanes) is 38. The minimum atomic E-state index is -1.67. The van der Waals surface area contributed by atoms with Crippen molar-refractivity contribution in [2.75, 3.05) is 13.2 Å². The van der Waals surface area contributed by atoms with Crippen LogP contribution in [0.15, 0.2) is 24.3 Å². The maximum absolute atomic E-state index is 13.2. The molecule has 11 nitrogen and oxygen atoms in total. The molecule has 432 valence electrons. The summed E-state index contributed by atoms with van der Waals surface area (Å²) in [4.78, 5) is 13.2. The van der Waals surface area contributed by atoms with Crippen LogP contribution in [0.2, 0.25) is 0 Å². The second kappa shape index (κ2) is 51.4. The van der Waals surface area contributed by atoms with Crippen LogP contribution in [0, 0.1) is 0 Å². The van der Waals surface area contributed by atoms with Gasteiger partial charge in [-0.2, -0.15) is 0 Å². The van der Waals surface area contributed by atoms with E-state index in [9.17, 15) is 40.5 Å². The van der Waals surface area contributed by atoms with E-state index >= 15 is 0 Å². The zero-order chi connectivity index (χ0) is 53.3. The van der Waals surface area contributed by atoms with Gasteiger partial charge in [-0.05, 0) is 64.2 Å². The quantitative estimate of drug-likeness (QED) is 0.0215. The molecule has 1 amide bonds. The molecule has 0 spiro atoms. The van der Waals surface area contributed by atoms with Gasteiger partial charge in [-0.15, -0.1) is 0 Å². The molecule has 8 N–H and O–H groups in total. The summed E-state index contributed by atoms with van der Waals surface area (Å²) in [5, 5.41) is 76.2. The van der Waals surface area contributed by atoms with Gasteiger partial charge in [0.15, 0.2) is 6.29 Å². The molecule has 0 aromatic heterocycles. The van der Waals surface area contributed by atoms with Gasteiger partial charge in [-0.3, -0.25) is 4.79 Å². The summed E-state index contributed by atoms with van der Waals surface area (Å²) < 4.78 is 11.2. The first-order chi connectivity index (χ1) is 35.7. The van der Waals surface area contributed by atoms with Crippen molar-refractivity contribution >= 4 is 5.91 Å². The molecular weight excluding hydrogens is 919 g/mol. The number of allylic oxidation sites excluding steroid dienone is 4. The number of rotatable bonds is 54. The third kappa shape index (κ3) is 39.6. The highest BCUT2D eigenvalue weighted by atomic mass is 16.7. The van der Waals surface area contributed by atoms with Gasteiger partial charge in [0.1, 0.15) is 36.6 Å². The summed E-state index contributed by atoms with van der Waals surface area (Å²) in [6.45, 7) is 3.48. The van der Waals surface area contributed by atoms with E-state index in [1.807, 2.05) is 0 Å². The molecule has 1 aliphatic heterocycles. The van der Waals surface area contributed by atoms with Gasteiger partial charge in [0, 0.05) is 0 Å². The zero-order valence-corrected chi connectivity index (χ0v) is 47.4. The first kappa shape index (κ1) is 69.6. The SMILES string of the molecule is CCCCCCCCCCCCCC/C=C\CCCCCCCCCCCC(O)C(=O)NC(COC1OC(CO)C(O)C(O)C1O)C(O)C(O)CCC/C=C/CCCCCCCCCCCCCCCCCC. The topological polar surface area (TPSA) is 189 Å². The summed E-state index contributed by atoms with van der Waals surface area (Å²) >= 11 is 0. The third-order valence-electron chi connectivity index (χ3n) is 15.2. The van der Waals surface area contributed by atoms with Crippen LogP contribution < -0.4 is 5.32 Å². The number of aliphatic hydroxyl groups is 7. The number of carbonyl (C=O) groups excluding carboxylic acids is 1. The Morgan fingerprint density at radius 3 is 1.18 bits per heavy atom. The minimum Gasteiger partial charge on any atom is -0.394 e. The first-order valence-corrected chi connectivity index (χ1v) is 31.2. The summed E-state index contributed by atoms with van der Waals surface area (Å²) in [5.74, 6) is -0.704. The zero-order valence-electron chi connectivity index (χ0n) is 47.4. The highest BCUT2D eigenvalue weighted by Gasteiger charge is 2.44. The van der Waals surface area contributed by atoms with Gasteiger partial charge < -0.3 is 50.5 Å². The molecule has 9 unspecified atom stereocenters. The van der Waals surface area contributed by atoms with E-state index in [0.717, 1.165) is 38.5 Å². The number of ether oxygens (including phenoxy) is 2. The first-order valence-electron chi connectivity index (χ1n) is 31.2. The Morgan fingerprint density at radius 2 is 0.808 bits per heavy atom. The molecule has 0 radical (unpaired) electrons. The van der Waals surface area contributed by atoms with Gasteiger partial charge >= 0.3 is 0 Å². The van der Waals surface area contributed by atoms with E-state index in [2.05, 4.69) is 43.5 Å². The maximum Gasteiger partial charge on any atom is 0.249 e. The van der Waals surface area contributed by atoms with Crippen LogP contribution in [-0.4, -0.2) is 110 Å². The van der Waals surface area contributed by atoms with Crippen LogP contribution in [0.5, 0.6) is 0 Å². The number of nitrogens with one attached hydrogen (secondary N) is 1. The lowest BCUT2D eigenvalue weighted by Crippen LogP contribution is -2.60. The molecule has 1 aliphatic rings. The Morgan fingerprint density at radius 1 is 0.466 bits per heavy atom. The molecule has 0 aliphatic carbocycles. The van der Waals surface area contributed by atoms with Gasteiger partial charge in [0.25, 0.3) is 0 Å². The van der Waals surface area contributed by atoms with Crippen molar-refractivity contribution in [3.8, 4) is 0 Å². The molecule has 1 saturated heterocycles. The normalized spacial score (nSPS) is 20.0. The number of amides is 1. The number of hydrogen-bond donors (Lipinski definition) is 8. The van der Waals surface area contributed by atoms with E-state index in [1.165, 1.54) is 218 Å². The van der Waals surface area contributed by atoms with Crippen LogP contribution in [0.1, 0.15) is 296 Å². The van der Waals surface area contributed by atoms with E-state index in [-0.39, 0.29) is 12.8 Å². The average molecular weight is 1040 g/mol. The van der Waals surface area contributed by atoms with Crippen molar-refractivity contribution in [2.45, 2.75) is 351 Å². The highest BCUT2D eigenvalue weighted by Crippen LogP contribution is 2.23. The molecule has 0 saturated carbocycles.